The molecule has 0 saturated heterocycles. The minimum absolute atomic E-state index is 0.0273. The quantitative estimate of drug-likeness (QED) is 0.383. The van der Waals surface area contributed by atoms with Crippen LogP contribution in [0.25, 0.3) is 0 Å². The Morgan fingerprint density at radius 2 is 1.84 bits per heavy atom. The lowest BCUT2D eigenvalue weighted by Crippen LogP contribution is -2.30. The Morgan fingerprint density at radius 3 is 2.50 bits per heavy atom. The number of thiophene rings is 1. The van der Waals surface area contributed by atoms with Crippen LogP contribution in [0.2, 0.25) is 0 Å². The van der Waals surface area contributed by atoms with Gasteiger partial charge in [-0.05, 0) is 59.5 Å². The first kappa shape index (κ1) is 23.5. The van der Waals surface area contributed by atoms with Crippen molar-refractivity contribution in [1.29, 1.82) is 0 Å². The number of nitrogens with one attached hydrogen (secondary N) is 1. The number of carbonyl (C=O) groups excluding carboxylic acids is 1. The summed E-state index contributed by atoms with van der Waals surface area (Å²) in [5.74, 6) is 0.0951. The lowest BCUT2D eigenvalue weighted by Gasteiger charge is -2.21. The van der Waals surface area contributed by atoms with Crippen LogP contribution in [0.4, 0.5) is 0 Å². The summed E-state index contributed by atoms with van der Waals surface area (Å²) in [6.07, 6.45) is 1.10. The summed E-state index contributed by atoms with van der Waals surface area (Å²) in [5, 5.41) is 14.3. The molecule has 0 aliphatic rings. The van der Waals surface area contributed by atoms with E-state index in [-0.39, 0.29) is 18.4 Å². The molecule has 168 valence electrons. The highest BCUT2D eigenvalue weighted by molar-refractivity contribution is 7.10. The molecule has 3 rings (SSSR count). The second kappa shape index (κ2) is 11.5. The molecule has 0 aliphatic heterocycles. The molecular weight excluding hydrogens is 422 g/mol. The molecule has 0 radical (unpaired) electrons. The van der Waals surface area contributed by atoms with Crippen molar-refractivity contribution in [3.05, 3.63) is 87.6 Å². The third-order valence-corrected chi connectivity index (χ3v) is 6.06. The molecule has 0 saturated carbocycles. The summed E-state index contributed by atoms with van der Waals surface area (Å²) in [4.78, 5) is 25.6. The van der Waals surface area contributed by atoms with Crippen molar-refractivity contribution in [2.45, 2.75) is 45.8 Å². The monoisotopic (exact) mass is 451 g/mol. The average molecular weight is 452 g/mol. The molecule has 2 N–H and O–H groups in total. The highest BCUT2D eigenvalue weighted by atomic mass is 32.1. The summed E-state index contributed by atoms with van der Waals surface area (Å²) in [6, 6.07) is 19.0. The van der Waals surface area contributed by atoms with Gasteiger partial charge in [0.1, 0.15) is 12.4 Å². The third-order valence-electron chi connectivity index (χ3n) is 5.07. The molecule has 0 spiro atoms. The molecular formula is C26H29NO4S. The fourth-order valence-corrected chi connectivity index (χ4v) is 4.30. The van der Waals surface area contributed by atoms with Crippen molar-refractivity contribution in [3.8, 4) is 5.75 Å². The Bertz CT molecular complexity index is 1020. The number of rotatable bonds is 11. The Labute approximate surface area is 193 Å². The number of aliphatic carboxylic acids is 1. The second-order valence-electron chi connectivity index (χ2n) is 8.16. The first-order valence-electron chi connectivity index (χ1n) is 10.8. The molecule has 6 heteroatoms. The zero-order valence-electron chi connectivity index (χ0n) is 18.4. The van der Waals surface area contributed by atoms with E-state index in [1.54, 1.807) is 11.3 Å². The van der Waals surface area contributed by atoms with E-state index >= 15 is 0 Å². The zero-order valence-corrected chi connectivity index (χ0v) is 19.2. The van der Waals surface area contributed by atoms with Gasteiger partial charge in [0.25, 0.3) is 5.91 Å². The number of carboxylic acids is 1. The minimum Gasteiger partial charge on any atom is -0.489 e. The Kier molecular flexibility index (Phi) is 8.45. The van der Waals surface area contributed by atoms with E-state index in [9.17, 15) is 9.59 Å². The Balaban J connectivity index is 1.82. The predicted molar refractivity (Wildman–Crippen MR) is 127 cm³/mol. The maximum absolute atomic E-state index is 13.3. The molecule has 1 aromatic heterocycles. The van der Waals surface area contributed by atoms with Crippen molar-refractivity contribution >= 4 is 23.2 Å². The predicted octanol–water partition coefficient (Wildman–Crippen LogP) is 5.86. The molecule has 2 aromatic carbocycles. The van der Waals surface area contributed by atoms with Crippen LogP contribution in [-0.4, -0.2) is 17.0 Å². The summed E-state index contributed by atoms with van der Waals surface area (Å²) >= 11 is 1.63. The van der Waals surface area contributed by atoms with E-state index in [0.717, 1.165) is 28.2 Å². The SMILES string of the molecule is CC(C)CC(NC(=O)c1cc(COc2ccccc2)ccc1CCC(=O)O)c1cccs1. The second-order valence-corrected chi connectivity index (χ2v) is 9.14. The van der Waals surface area contributed by atoms with Crippen LogP contribution in [0.5, 0.6) is 5.75 Å². The van der Waals surface area contributed by atoms with Gasteiger partial charge in [-0.3, -0.25) is 9.59 Å². The molecule has 0 bridgehead atoms. The molecule has 1 amide bonds. The van der Waals surface area contributed by atoms with Gasteiger partial charge in [-0.25, -0.2) is 0 Å². The van der Waals surface area contributed by atoms with E-state index in [2.05, 4.69) is 19.2 Å². The van der Waals surface area contributed by atoms with Gasteiger partial charge in [-0.15, -0.1) is 11.3 Å². The van der Waals surface area contributed by atoms with Gasteiger partial charge >= 0.3 is 5.97 Å². The lowest BCUT2D eigenvalue weighted by atomic mass is 9.98. The van der Waals surface area contributed by atoms with Crippen LogP contribution in [0.1, 0.15) is 59.1 Å². The first-order chi connectivity index (χ1) is 15.4. The standard InChI is InChI=1S/C26H29NO4S/c1-18(2)15-23(24-9-6-14-32-24)27-26(30)22-16-19(10-11-20(22)12-13-25(28)29)17-31-21-7-4-3-5-8-21/h3-11,14,16,18,23H,12-13,15,17H2,1-2H3,(H,27,30)(H,28,29). The fourth-order valence-electron chi connectivity index (χ4n) is 3.51. The maximum Gasteiger partial charge on any atom is 0.303 e. The van der Waals surface area contributed by atoms with Gasteiger partial charge < -0.3 is 15.2 Å². The highest BCUT2D eigenvalue weighted by Crippen LogP contribution is 2.26. The molecule has 0 aliphatic carbocycles. The number of benzene rings is 2. The number of carboxylic acid groups (broad SMARTS) is 1. The molecule has 5 nitrogen and oxygen atoms in total. The molecule has 1 unspecified atom stereocenters. The van der Waals surface area contributed by atoms with Gasteiger partial charge in [0.15, 0.2) is 0 Å². The molecule has 32 heavy (non-hydrogen) atoms. The van der Waals surface area contributed by atoms with Crippen molar-refractivity contribution in [1.82, 2.24) is 5.32 Å². The van der Waals surface area contributed by atoms with Crippen LogP contribution in [0.3, 0.4) is 0 Å². The summed E-state index contributed by atoms with van der Waals surface area (Å²) in [7, 11) is 0. The highest BCUT2D eigenvalue weighted by Gasteiger charge is 2.20. The summed E-state index contributed by atoms with van der Waals surface area (Å²) in [5.41, 5.74) is 2.09. The van der Waals surface area contributed by atoms with Gasteiger partial charge in [0.2, 0.25) is 0 Å². The normalized spacial score (nSPS) is 11.8. The van der Waals surface area contributed by atoms with Crippen LogP contribution >= 0.6 is 11.3 Å². The molecule has 3 aromatic rings. The van der Waals surface area contributed by atoms with Crippen molar-refractivity contribution in [2.24, 2.45) is 5.92 Å². The smallest absolute Gasteiger partial charge is 0.303 e. The van der Waals surface area contributed by atoms with Crippen LogP contribution in [-0.2, 0) is 17.8 Å². The summed E-state index contributed by atoms with van der Waals surface area (Å²) in [6.45, 7) is 4.59. The number of para-hydroxylation sites is 1. The van der Waals surface area contributed by atoms with Crippen molar-refractivity contribution in [3.63, 3.8) is 0 Å². The number of ether oxygens (including phenoxy) is 1. The largest absolute Gasteiger partial charge is 0.489 e. The average Bonchev–Trinajstić information content (AvgIpc) is 3.31. The van der Waals surface area contributed by atoms with Gasteiger partial charge in [-0.2, -0.15) is 0 Å². The van der Waals surface area contributed by atoms with E-state index in [4.69, 9.17) is 9.84 Å². The number of hydrogen-bond acceptors (Lipinski definition) is 4. The van der Waals surface area contributed by atoms with Crippen LogP contribution in [0.15, 0.2) is 66.0 Å². The summed E-state index contributed by atoms with van der Waals surface area (Å²) < 4.78 is 5.83. The fraction of sp³-hybridized carbons (Fsp3) is 0.308. The lowest BCUT2D eigenvalue weighted by molar-refractivity contribution is -0.136. The van der Waals surface area contributed by atoms with E-state index < -0.39 is 5.97 Å². The Morgan fingerprint density at radius 1 is 1.06 bits per heavy atom. The first-order valence-corrected chi connectivity index (χ1v) is 11.7. The van der Waals surface area contributed by atoms with E-state index in [1.165, 1.54) is 0 Å². The maximum atomic E-state index is 13.3. The number of hydrogen-bond donors (Lipinski definition) is 2. The van der Waals surface area contributed by atoms with Crippen molar-refractivity contribution in [2.75, 3.05) is 0 Å². The molecule has 1 atom stereocenters. The number of amides is 1. The number of carbonyl (C=O) groups is 2. The van der Waals surface area contributed by atoms with Crippen molar-refractivity contribution < 1.29 is 19.4 Å². The van der Waals surface area contributed by atoms with E-state index in [0.29, 0.717) is 24.5 Å². The Hall–Kier alpha value is -3.12. The molecule has 1 heterocycles. The van der Waals surface area contributed by atoms with Crippen LogP contribution in [0, 0.1) is 5.92 Å². The van der Waals surface area contributed by atoms with Gasteiger partial charge in [-0.1, -0.05) is 50.2 Å². The van der Waals surface area contributed by atoms with E-state index in [1.807, 2.05) is 66.0 Å². The van der Waals surface area contributed by atoms with Gasteiger partial charge in [0, 0.05) is 16.9 Å². The zero-order chi connectivity index (χ0) is 22.9. The molecule has 0 fully saturated rings. The number of aryl methyl sites for hydroxylation is 1. The van der Waals surface area contributed by atoms with Crippen LogP contribution < -0.4 is 10.1 Å². The topological polar surface area (TPSA) is 75.6 Å². The minimum atomic E-state index is -0.885. The van der Waals surface area contributed by atoms with Gasteiger partial charge in [0.05, 0.1) is 6.04 Å². The third kappa shape index (κ3) is 6.95.